The quantitative estimate of drug-likeness (QED) is 0.503. The van der Waals surface area contributed by atoms with Crippen LogP contribution in [-0.2, 0) is 9.53 Å². The van der Waals surface area contributed by atoms with Crippen molar-refractivity contribution in [1.29, 1.82) is 0 Å². The zero-order valence-corrected chi connectivity index (χ0v) is 18.2. The predicted molar refractivity (Wildman–Crippen MR) is 123 cm³/mol. The van der Waals surface area contributed by atoms with E-state index in [4.69, 9.17) is 14.2 Å². The van der Waals surface area contributed by atoms with Crippen LogP contribution in [0.2, 0.25) is 0 Å². The van der Waals surface area contributed by atoms with Gasteiger partial charge in [0, 0.05) is 12.3 Å². The molecule has 0 spiro atoms. The Morgan fingerprint density at radius 1 is 0.909 bits per heavy atom. The first-order chi connectivity index (χ1) is 16.1. The molecule has 33 heavy (non-hydrogen) atoms. The van der Waals surface area contributed by atoms with Crippen LogP contribution in [-0.4, -0.2) is 43.5 Å². The SMILES string of the molecule is COc1ccccc1OCC[C@H](NC(=O)OCC1c2ccccc2-c2ccccc21)C(=O)O. The Labute approximate surface area is 191 Å². The number of carboxylic acid groups (broad SMARTS) is 1. The highest BCUT2D eigenvalue weighted by Crippen LogP contribution is 2.44. The van der Waals surface area contributed by atoms with Gasteiger partial charge in [-0.15, -0.1) is 0 Å². The number of rotatable bonds is 9. The second kappa shape index (κ2) is 10.1. The van der Waals surface area contributed by atoms with Gasteiger partial charge in [-0.25, -0.2) is 9.59 Å². The van der Waals surface area contributed by atoms with Crippen molar-refractivity contribution in [2.24, 2.45) is 0 Å². The maximum atomic E-state index is 12.4. The Morgan fingerprint density at radius 3 is 2.09 bits per heavy atom. The third-order valence-electron chi connectivity index (χ3n) is 5.67. The average molecular weight is 447 g/mol. The van der Waals surface area contributed by atoms with E-state index in [2.05, 4.69) is 17.4 Å². The fourth-order valence-electron chi connectivity index (χ4n) is 4.06. The van der Waals surface area contributed by atoms with Crippen molar-refractivity contribution in [3.05, 3.63) is 83.9 Å². The molecule has 1 aliphatic rings. The van der Waals surface area contributed by atoms with Crippen molar-refractivity contribution in [3.63, 3.8) is 0 Å². The van der Waals surface area contributed by atoms with E-state index in [1.807, 2.05) is 42.5 Å². The summed E-state index contributed by atoms with van der Waals surface area (Å²) < 4.78 is 16.3. The topological polar surface area (TPSA) is 94.1 Å². The fourth-order valence-corrected chi connectivity index (χ4v) is 4.06. The van der Waals surface area contributed by atoms with Crippen LogP contribution in [0.1, 0.15) is 23.5 Å². The molecule has 0 bridgehead atoms. The summed E-state index contributed by atoms with van der Waals surface area (Å²) in [7, 11) is 1.53. The summed E-state index contributed by atoms with van der Waals surface area (Å²) in [4.78, 5) is 24.1. The lowest BCUT2D eigenvalue weighted by atomic mass is 9.98. The van der Waals surface area contributed by atoms with Crippen molar-refractivity contribution >= 4 is 12.1 Å². The lowest BCUT2D eigenvalue weighted by Crippen LogP contribution is -2.42. The molecule has 170 valence electrons. The normalized spacial score (nSPS) is 12.9. The van der Waals surface area contributed by atoms with E-state index in [9.17, 15) is 14.7 Å². The molecule has 3 aromatic carbocycles. The van der Waals surface area contributed by atoms with Crippen LogP contribution in [0.25, 0.3) is 11.1 Å². The summed E-state index contributed by atoms with van der Waals surface area (Å²) in [6.45, 7) is 0.199. The molecule has 1 amide bonds. The molecule has 1 aliphatic carbocycles. The third kappa shape index (κ3) is 4.92. The molecule has 4 rings (SSSR count). The number of hydrogen-bond donors (Lipinski definition) is 2. The van der Waals surface area contributed by atoms with Gasteiger partial charge >= 0.3 is 12.1 Å². The highest BCUT2D eigenvalue weighted by Gasteiger charge is 2.29. The Morgan fingerprint density at radius 2 is 1.48 bits per heavy atom. The molecule has 0 heterocycles. The van der Waals surface area contributed by atoms with Crippen LogP contribution in [0, 0.1) is 0 Å². The minimum Gasteiger partial charge on any atom is -0.493 e. The number of alkyl carbamates (subject to hydrolysis) is 1. The van der Waals surface area contributed by atoms with Crippen LogP contribution in [0.15, 0.2) is 72.8 Å². The minimum absolute atomic E-state index is 0.0670. The number of hydrogen-bond acceptors (Lipinski definition) is 5. The van der Waals surface area contributed by atoms with Gasteiger partial charge in [0.15, 0.2) is 11.5 Å². The second-order valence-electron chi connectivity index (χ2n) is 7.65. The van der Waals surface area contributed by atoms with Gasteiger partial charge in [0.25, 0.3) is 0 Å². The molecule has 0 radical (unpaired) electrons. The average Bonchev–Trinajstić information content (AvgIpc) is 3.16. The van der Waals surface area contributed by atoms with E-state index in [0.717, 1.165) is 22.3 Å². The first-order valence-corrected chi connectivity index (χ1v) is 10.7. The largest absolute Gasteiger partial charge is 0.493 e. The molecule has 0 saturated carbocycles. The van der Waals surface area contributed by atoms with Crippen molar-refractivity contribution in [2.45, 2.75) is 18.4 Å². The number of fused-ring (bicyclic) bond motifs is 3. The van der Waals surface area contributed by atoms with E-state index in [1.165, 1.54) is 7.11 Å². The maximum absolute atomic E-state index is 12.4. The second-order valence-corrected chi connectivity index (χ2v) is 7.65. The zero-order chi connectivity index (χ0) is 23.2. The smallest absolute Gasteiger partial charge is 0.407 e. The molecule has 0 aliphatic heterocycles. The van der Waals surface area contributed by atoms with E-state index in [0.29, 0.717) is 11.5 Å². The van der Waals surface area contributed by atoms with Gasteiger partial charge in [0.1, 0.15) is 12.6 Å². The number of amides is 1. The Hall–Kier alpha value is -4.00. The predicted octanol–water partition coefficient (Wildman–Crippen LogP) is 4.46. The van der Waals surface area contributed by atoms with Gasteiger partial charge < -0.3 is 24.6 Å². The molecule has 7 nitrogen and oxygen atoms in total. The molecule has 3 aromatic rings. The van der Waals surface area contributed by atoms with Crippen LogP contribution < -0.4 is 14.8 Å². The van der Waals surface area contributed by atoms with Gasteiger partial charge in [0.05, 0.1) is 13.7 Å². The van der Waals surface area contributed by atoms with E-state index >= 15 is 0 Å². The molecule has 0 unspecified atom stereocenters. The number of aliphatic carboxylic acids is 1. The Balaban J connectivity index is 1.34. The summed E-state index contributed by atoms with van der Waals surface area (Å²) >= 11 is 0. The zero-order valence-electron chi connectivity index (χ0n) is 18.2. The molecule has 7 heteroatoms. The number of carbonyl (C=O) groups excluding carboxylic acids is 1. The summed E-state index contributed by atoms with van der Waals surface area (Å²) in [6, 6.07) is 22.0. The number of para-hydroxylation sites is 2. The number of nitrogens with one attached hydrogen (secondary N) is 1. The van der Waals surface area contributed by atoms with Crippen molar-refractivity contribution in [2.75, 3.05) is 20.3 Å². The van der Waals surface area contributed by atoms with Crippen molar-refractivity contribution in [3.8, 4) is 22.6 Å². The maximum Gasteiger partial charge on any atom is 0.407 e. The monoisotopic (exact) mass is 447 g/mol. The molecular formula is C26H25NO6. The molecular weight excluding hydrogens is 422 g/mol. The van der Waals surface area contributed by atoms with E-state index in [-0.39, 0.29) is 25.6 Å². The first-order valence-electron chi connectivity index (χ1n) is 10.7. The van der Waals surface area contributed by atoms with Gasteiger partial charge in [-0.1, -0.05) is 60.7 Å². The Bertz CT molecular complexity index is 1100. The van der Waals surface area contributed by atoms with E-state index in [1.54, 1.807) is 18.2 Å². The lowest BCUT2D eigenvalue weighted by Gasteiger charge is -2.18. The molecule has 2 N–H and O–H groups in total. The number of methoxy groups -OCH3 is 1. The van der Waals surface area contributed by atoms with Crippen LogP contribution in [0.5, 0.6) is 11.5 Å². The number of benzene rings is 3. The standard InChI is InChI=1S/C26H25NO6/c1-31-23-12-6-7-13-24(23)32-15-14-22(25(28)29)27-26(30)33-16-21-19-10-4-2-8-17(19)18-9-3-5-11-20(18)21/h2-13,21-22H,14-16H2,1H3,(H,27,30)(H,28,29)/t22-/m0/s1. The van der Waals surface area contributed by atoms with Gasteiger partial charge in [-0.3, -0.25) is 0 Å². The van der Waals surface area contributed by atoms with Crippen molar-refractivity contribution in [1.82, 2.24) is 5.32 Å². The van der Waals surface area contributed by atoms with Crippen molar-refractivity contribution < 1.29 is 28.9 Å². The number of carboxylic acids is 1. The summed E-state index contributed by atoms with van der Waals surface area (Å²) in [5.41, 5.74) is 4.43. The van der Waals surface area contributed by atoms with Crippen LogP contribution in [0.3, 0.4) is 0 Å². The third-order valence-corrected chi connectivity index (χ3v) is 5.67. The van der Waals surface area contributed by atoms with Gasteiger partial charge in [-0.05, 0) is 34.4 Å². The number of carbonyl (C=O) groups is 2. The first kappa shape index (κ1) is 22.2. The number of ether oxygens (including phenoxy) is 3. The molecule has 1 atom stereocenters. The van der Waals surface area contributed by atoms with Crippen LogP contribution in [0.4, 0.5) is 4.79 Å². The summed E-state index contributed by atoms with van der Waals surface area (Å²) in [5, 5.41) is 11.9. The fraction of sp³-hybridized carbons (Fsp3) is 0.231. The summed E-state index contributed by atoms with van der Waals surface area (Å²) in [6.07, 6.45) is -0.709. The summed E-state index contributed by atoms with van der Waals surface area (Å²) in [5.74, 6) is -0.202. The molecule has 0 fully saturated rings. The minimum atomic E-state index is -1.16. The molecule has 0 saturated heterocycles. The van der Waals surface area contributed by atoms with E-state index < -0.39 is 18.1 Å². The van der Waals surface area contributed by atoms with Gasteiger partial charge in [0.2, 0.25) is 0 Å². The Kier molecular flexibility index (Phi) is 6.78. The molecule has 0 aromatic heterocycles. The highest BCUT2D eigenvalue weighted by molar-refractivity contribution is 5.81. The lowest BCUT2D eigenvalue weighted by molar-refractivity contribution is -0.139. The van der Waals surface area contributed by atoms with Gasteiger partial charge in [-0.2, -0.15) is 0 Å². The van der Waals surface area contributed by atoms with Crippen LogP contribution >= 0.6 is 0 Å². The highest BCUT2D eigenvalue weighted by atomic mass is 16.5.